The van der Waals surface area contributed by atoms with Gasteiger partial charge in [-0.1, -0.05) is 6.92 Å². The molecule has 0 aliphatic heterocycles. The lowest BCUT2D eigenvalue weighted by atomic mass is 9.81. The summed E-state index contributed by atoms with van der Waals surface area (Å²) in [6.45, 7) is 2.96. The molecule has 0 radical (unpaired) electrons. The number of methoxy groups -OCH3 is 1. The Morgan fingerprint density at radius 1 is 1.67 bits per heavy atom. The van der Waals surface area contributed by atoms with Gasteiger partial charge in [-0.25, -0.2) is 0 Å². The zero-order valence-electron chi connectivity index (χ0n) is 8.01. The minimum Gasteiger partial charge on any atom is -0.384 e. The monoisotopic (exact) mass is 170 g/mol. The lowest BCUT2D eigenvalue weighted by Crippen LogP contribution is -2.23. The smallest absolute Gasteiger partial charge is 0.133 e. The van der Waals surface area contributed by atoms with Gasteiger partial charge < -0.3 is 4.74 Å². The predicted molar refractivity (Wildman–Crippen MR) is 48.0 cm³/mol. The van der Waals surface area contributed by atoms with Crippen LogP contribution >= 0.6 is 0 Å². The summed E-state index contributed by atoms with van der Waals surface area (Å²) in [5.74, 6) is 1.56. The van der Waals surface area contributed by atoms with Crippen LogP contribution in [0.5, 0.6) is 0 Å². The highest BCUT2D eigenvalue weighted by Crippen LogP contribution is 2.27. The molecule has 2 nitrogen and oxygen atoms in total. The molecule has 0 heterocycles. The predicted octanol–water partition coefficient (Wildman–Crippen LogP) is 2.03. The average Bonchev–Trinajstić information content (AvgIpc) is 2.05. The summed E-state index contributed by atoms with van der Waals surface area (Å²) in [5, 5.41) is 0. The highest BCUT2D eigenvalue weighted by atomic mass is 16.5. The minimum absolute atomic E-state index is 0.439. The SMILES string of the molecule is COCC(C)C1CCCC(=O)C1. The number of Topliss-reactive ketones (excluding diaryl/α,β-unsaturated/α-hetero) is 1. The highest BCUT2D eigenvalue weighted by molar-refractivity contribution is 5.79. The minimum atomic E-state index is 0.439. The van der Waals surface area contributed by atoms with E-state index in [0.29, 0.717) is 17.6 Å². The Balaban J connectivity index is 2.34. The van der Waals surface area contributed by atoms with Gasteiger partial charge in [0.05, 0.1) is 0 Å². The molecule has 0 saturated heterocycles. The van der Waals surface area contributed by atoms with Crippen molar-refractivity contribution in [1.29, 1.82) is 0 Å². The molecule has 0 aromatic heterocycles. The topological polar surface area (TPSA) is 26.3 Å². The van der Waals surface area contributed by atoms with Crippen LogP contribution in [0, 0.1) is 11.8 Å². The van der Waals surface area contributed by atoms with Crippen molar-refractivity contribution in [2.75, 3.05) is 13.7 Å². The zero-order chi connectivity index (χ0) is 8.97. The van der Waals surface area contributed by atoms with E-state index in [1.54, 1.807) is 7.11 Å². The molecule has 1 saturated carbocycles. The molecule has 0 aromatic rings. The molecule has 1 fully saturated rings. The van der Waals surface area contributed by atoms with E-state index in [9.17, 15) is 4.79 Å². The molecular formula is C10H18O2. The van der Waals surface area contributed by atoms with E-state index in [1.165, 1.54) is 6.42 Å². The van der Waals surface area contributed by atoms with Crippen molar-refractivity contribution in [3.05, 3.63) is 0 Å². The Hall–Kier alpha value is -0.370. The maximum absolute atomic E-state index is 11.1. The van der Waals surface area contributed by atoms with E-state index in [-0.39, 0.29) is 0 Å². The molecule has 70 valence electrons. The van der Waals surface area contributed by atoms with E-state index in [2.05, 4.69) is 6.92 Å². The number of rotatable bonds is 3. The van der Waals surface area contributed by atoms with Crippen molar-refractivity contribution >= 4 is 5.78 Å². The van der Waals surface area contributed by atoms with E-state index in [0.717, 1.165) is 25.9 Å². The van der Waals surface area contributed by atoms with Crippen LogP contribution in [0.1, 0.15) is 32.6 Å². The van der Waals surface area contributed by atoms with Crippen LogP contribution < -0.4 is 0 Å². The lowest BCUT2D eigenvalue weighted by molar-refractivity contribution is -0.122. The van der Waals surface area contributed by atoms with Gasteiger partial charge >= 0.3 is 0 Å². The first-order valence-electron chi connectivity index (χ1n) is 4.74. The molecule has 0 bridgehead atoms. The number of carbonyl (C=O) groups excluding carboxylic acids is 1. The van der Waals surface area contributed by atoms with Crippen molar-refractivity contribution in [3.63, 3.8) is 0 Å². The van der Waals surface area contributed by atoms with Crippen molar-refractivity contribution in [2.45, 2.75) is 32.6 Å². The molecule has 0 amide bonds. The van der Waals surface area contributed by atoms with Crippen LogP contribution in [0.2, 0.25) is 0 Å². The van der Waals surface area contributed by atoms with Crippen molar-refractivity contribution in [1.82, 2.24) is 0 Å². The second-order valence-electron chi connectivity index (χ2n) is 3.83. The first-order chi connectivity index (χ1) is 5.74. The fourth-order valence-electron chi connectivity index (χ4n) is 1.94. The van der Waals surface area contributed by atoms with Gasteiger partial charge in [0.1, 0.15) is 5.78 Å². The third-order valence-electron chi connectivity index (χ3n) is 2.75. The van der Waals surface area contributed by atoms with Crippen LogP contribution in [-0.2, 0) is 9.53 Å². The molecule has 0 aromatic carbocycles. The van der Waals surface area contributed by atoms with Gasteiger partial charge in [0, 0.05) is 26.6 Å². The van der Waals surface area contributed by atoms with Crippen molar-refractivity contribution in [2.24, 2.45) is 11.8 Å². The third-order valence-corrected chi connectivity index (χ3v) is 2.75. The van der Waals surface area contributed by atoms with Gasteiger partial charge in [0.25, 0.3) is 0 Å². The summed E-state index contributed by atoms with van der Waals surface area (Å²) in [6.07, 6.45) is 3.87. The molecule has 1 aliphatic rings. The van der Waals surface area contributed by atoms with E-state index in [4.69, 9.17) is 4.74 Å². The molecule has 0 N–H and O–H groups in total. The Bertz CT molecular complexity index is 154. The number of hydrogen-bond donors (Lipinski definition) is 0. The summed E-state index contributed by atoms with van der Waals surface area (Å²) in [4.78, 5) is 11.1. The van der Waals surface area contributed by atoms with Crippen LogP contribution in [0.3, 0.4) is 0 Å². The Morgan fingerprint density at radius 2 is 2.42 bits per heavy atom. The normalized spacial score (nSPS) is 27.2. The Kier molecular flexibility index (Phi) is 3.73. The number of carbonyl (C=O) groups is 1. The fraction of sp³-hybridized carbons (Fsp3) is 0.900. The fourth-order valence-corrected chi connectivity index (χ4v) is 1.94. The molecule has 2 heteroatoms. The Morgan fingerprint density at radius 3 is 3.00 bits per heavy atom. The highest BCUT2D eigenvalue weighted by Gasteiger charge is 2.23. The largest absolute Gasteiger partial charge is 0.384 e. The summed E-state index contributed by atoms with van der Waals surface area (Å²) in [5.41, 5.74) is 0. The summed E-state index contributed by atoms with van der Waals surface area (Å²) < 4.78 is 5.08. The molecule has 2 atom stereocenters. The second kappa shape index (κ2) is 4.61. The van der Waals surface area contributed by atoms with Gasteiger partial charge in [-0.3, -0.25) is 4.79 Å². The lowest BCUT2D eigenvalue weighted by Gasteiger charge is -2.26. The molecule has 12 heavy (non-hydrogen) atoms. The maximum Gasteiger partial charge on any atom is 0.133 e. The van der Waals surface area contributed by atoms with Gasteiger partial charge in [-0.15, -0.1) is 0 Å². The molecule has 0 spiro atoms. The van der Waals surface area contributed by atoms with E-state index in [1.807, 2.05) is 0 Å². The first-order valence-corrected chi connectivity index (χ1v) is 4.74. The third kappa shape index (κ3) is 2.59. The first kappa shape index (κ1) is 9.72. The van der Waals surface area contributed by atoms with Gasteiger partial charge in [-0.05, 0) is 24.7 Å². The summed E-state index contributed by atoms with van der Waals surface area (Å²) in [7, 11) is 1.72. The number of ketones is 1. The average molecular weight is 170 g/mol. The van der Waals surface area contributed by atoms with Crippen LogP contribution in [0.15, 0.2) is 0 Å². The van der Waals surface area contributed by atoms with Crippen LogP contribution in [0.25, 0.3) is 0 Å². The second-order valence-corrected chi connectivity index (χ2v) is 3.83. The zero-order valence-corrected chi connectivity index (χ0v) is 8.01. The molecule has 1 rings (SSSR count). The van der Waals surface area contributed by atoms with Crippen LogP contribution in [-0.4, -0.2) is 19.5 Å². The van der Waals surface area contributed by atoms with Crippen molar-refractivity contribution in [3.8, 4) is 0 Å². The standard InChI is InChI=1S/C10H18O2/c1-8(7-12-2)9-4-3-5-10(11)6-9/h8-9H,3-7H2,1-2H3. The molecule has 2 unspecified atom stereocenters. The van der Waals surface area contributed by atoms with Crippen molar-refractivity contribution < 1.29 is 9.53 Å². The quantitative estimate of drug-likeness (QED) is 0.647. The molecular weight excluding hydrogens is 152 g/mol. The number of hydrogen-bond acceptors (Lipinski definition) is 2. The van der Waals surface area contributed by atoms with Gasteiger partial charge in [0.2, 0.25) is 0 Å². The van der Waals surface area contributed by atoms with Gasteiger partial charge in [-0.2, -0.15) is 0 Å². The summed E-state index contributed by atoms with van der Waals surface area (Å²) in [6, 6.07) is 0. The number of ether oxygens (including phenoxy) is 1. The maximum atomic E-state index is 11.1. The Labute approximate surface area is 74.3 Å². The van der Waals surface area contributed by atoms with Gasteiger partial charge in [0.15, 0.2) is 0 Å². The molecule has 1 aliphatic carbocycles. The van der Waals surface area contributed by atoms with E-state index < -0.39 is 0 Å². The van der Waals surface area contributed by atoms with Crippen LogP contribution in [0.4, 0.5) is 0 Å². The summed E-state index contributed by atoms with van der Waals surface area (Å²) >= 11 is 0. The van der Waals surface area contributed by atoms with E-state index >= 15 is 0 Å².